The molecule has 1 N–H and O–H groups in total. The zero-order chi connectivity index (χ0) is 13.2. The number of aryl methyl sites for hydroxylation is 1. The predicted octanol–water partition coefficient (Wildman–Crippen LogP) is 4.71. The normalized spacial score (nSPS) is 10.8. The van der Waals surface area contributed by atoms with Gasteiger partial charge >= 0.3 is 0 Å². The molecule has 0 aliphatic heterocycles. The van der Waals surface area contributed by atoms with Gasteiger partial charge in [-0.2, -0.15) is 0 Å². The molecule has 2 nitrogen and oxygen atoms in total. The summed E-state index contributed by atoms with van der Waals surface area (Å²) in [5.41, 5.74) is 3.26. The van der Waals surface area contributed by atoms with Crippen LogP contribution in [0.4, 0.5) is 0 Å². The minimum Gasteiger partial charge on any atom is -0.487 e. The zero-order valence-electron chi connectivity index (χ0n) is 10.6. The maximum absolute atomic E-state index is 5.98. The van der Waals surface area contributed by atoms with Gasteiger partial charge in [-0.15, -0.1) is 0 Å². The van der Waals surface area contributed by atoms with Crippen molar-refractivity contribution >= 4 is 22.5 Å². The van der Waals surface area contributed by atoms with E-state index in [-0.39, 0.29) is 0 Å². The number of H-pyrrole nitrogens is 1. The molecule has 19 heavy (non-hydrogen) atoms. The molecule has 0 bridgehead atoms. The van der Waals surface area contributed by atoms with E-state index in [1.165, 1.54) is 0 Å². The van der Waals surface area contributed by atoms with E-state index in [4.69, 9.17) is 16.3 Å². The van der Waals surface area contributed by atoms with Crippen molar-refractivity contribution in [2.75, 3.05) is 0 Å². The van der Waals surface area contributed by atoms with Crippen LogP contribution in [0.5, 0.6) is 5.75 Å². The van der Waals surface area contributed by atoms with Crippen LogP contribution in [-0.2, 0) is 6.61 Å². The van der Waals surface area contributed by atoms with E-state index < -0.39 is 0 Å². The number of hydrogen-bond acceptors (Lipinski definition) is 1. The Kier molecular flexibility index (Phi) is 3.18. The summed E-state index contributed by atoms with van der Waals surface area (Å²) in [7, 11) is 0. The fourth-order valence-electron chi connectivity index (χ4n) is 2.12. The van der Waals surface area contributed by atoms with Crippen LogP contribution in [0.2, 0.25) is 5.02 Å². The van der Waals surface area contributed by atoms with E-state index in [9.17, 15) is 0 Å². The van der Waals surface area contributed by atoms with Gasteiger partial charge in [0.25, 0.3) is 0 Å². The SMILES string of the molecule is Cc1ccccc1OCc1cc2cc(Cl)ccc2[nH]1. The molecule has 2 aromatic carbocycles. The van der Waals surface area contributed by atoms with Gasteiger partial charge in [0, 0.05) is 15.9 Å². The lowest BCUT2D eigenvalue weighted by Gasteiger charge is -2.07. The maximum Gasteiger partial charge on any atom is 0.128 e. The summed E-state index contributed by atoms with van der Waals surface area (Å²) >= 11 is 5.98. The monoisotopic (exact) mass is 271 g/mol. The van der Waals surface area contributed by atoms with Crippen molar-refractivity contribution in [3.63, 3.8) is 0 Å². The molecule has 0 aliphatic rings. The molecular weight excluding hydrogens is 258 g/mol. The van der Waals surface area contributed by atoms with Gasteiger partial charge in [0.15, 0.2) is 0 Å². The second-order valence-electron chi connectivity index (χ2n) is 4.58. The van der Waals surface area contributed by atoms with Gasteiger partial charge in [0.1, 0.15) is 12.4 Å². The lowest BCUT2D eigenvalue weighted by molar-refractivity contribution is 0.300. The number of fused-ring (bicyclic) bond motifs is 1. The lowest BCUT2D eigenvalue weighted by atomic mass is 10.2. The molecule has 3 rings (SSSR count). The molecule has 0 fully saturated rings. The van der Waals surface area contributed by atoms with Crippen LogP contribution in [0.1, 0.15) is 11.3 Å². The number of aromatic amines is 1. The minimum absolute atomic E-state index is 0.525. The number of halogens is 1. The second-order valence-corrected chi connectivity index (χ2v) is 5.02. The number of ether oxygens (including phenoxy) is 1. The molecule has 96 valence electrons. The fourth-order valence-corrected chi connectivity index (χ4v) is 2.30. The van der Waals surface area contributed by atoms with Crippen molar-refractivity contribution in [1.29, 1.82) is 0 Å². The number of para-hydroxylation sites is 1. The van der Waals surface area contributed by atoms with Gasteiger partial charge in [0.2, 0.25) is 0 Å². The molecule has 3 heteroatoms. The summed E-state index contributed by atoms with van der Waals surface area (Å²) in [6.07, 6.45) is 0. The summed E-state index contributed by atoms with van der Waals surface area (Å²) in [5, 5.41) is 1.86. The number of nitrogens with one attached hydrogen (secondary N) is 1. The lowest BCUT2D eigenvalue weighted by Crippen LogP contribution is -1.96. The molecule has 0 radical (unpaired) electrons. The molecule has 0 saturated heterocycles. The Hall–Kier alpha value is -1.93. The largest absolute Gasteiger partial charge is 0.487 e. The quantitative estimate of drug-likeness (QED) is 0.733. The van der Waals surface area contributed by atoms with Crippen molar-refractivity contribution in [3.05, 3.63) is 64.8 Å². The smallest absolute Gasteiger partial charge is 0.128 e. The molecule has 1 aromatic heterocycles. The minimum atomic E-state index is 0.525. The van der Waals surface area contributed by atoms with Crippen molar-refractivity contribution in [2.24, 2.45) is 0 Å². The van der Waals surface area contributed by atoms with E-state index in [0.717, 1.165) is 32.9 Å². The van der Waals surface area contributed by atoms with Crippen LogP contribution >= 0.6 is 11.6 Å². The Bertz CT molecular complexity index is 718. The van der Waals surface area contributed by atoms with Crippen LogP contribution in [0.25, 0.3) is 10.9 Å². The topological polar surface area (TPSA) is 25.0 Å². The highest BCUT2D eigenvalue weighted by Crippen LogP contribution is 2.22. The predicted molar refractivity (Wildman–Crippen MR) is 78.8 cm³/mol. The average Bonchev–Trinajstić information content (AvgIpc) is 2.79. The van der Waals surface area contributed by atoms with Crippen molar-refractivity contribution in [2.45, 2.75) is 13.5 Å². The van der Waals surface area contributed by atoms with E-state index >= 15 is 0 Å². The van der Waals surface area contributed by atoms with Crippen LogP contribution in [0, 0.1) is 6.92 Å². The van der Waals surface area contributed by atoms with Crippen molar-refractivity contribution in [1.82, 2.24) is 4.98 Å². The van der Waals surface area contributed by atoms with E-state index in [0.29, 0.717) is 6.61 Å². The van der Waals surface area contributed by atoms with E-state index in [1.54, 1.807) is 0 Å². The van der Waals surface area contributed by atoms with Gasteiger partial charge in [-0.05, 0) is 42.8 Å². The molecule has 0 atom stereocenters. The summed E-state index contributed by atoms with van der Waals surface area (Å²) in [6, 6.07) is 15.9. The number of rotatable bonds is 3. The Morgan fingerprint density at radius 3 is 2.79 bits per heavy atom. The molecule has 0 unspecified atom stereocenters. The average molecular weight is 272 g/mol. The summed E-state index contributed by atoms with van der Waals surface area (Å²) in [4.78, 5) is 3.33. The molecule has 0 aliphatic carbocycles. The zero-order valence-corrected chi connectivity index (χ0v) is 11.4. The summed E-state index contributed by atoms with van der Waals surface area (Å²) < 4.78 is 5.82. The van der Waals surface area contributed by atoms with Gasteiger partial charge in [-0.3, -0.25) is 0 Å². The summed E-state index contributed by atoms with van der Waals surface area (Å²) in [6.45, 7) is 2.57. The van der Waals surface area contributed by atoms with Crippen LogP contribution < -0.4 is 4.74 Å². The second kappa shape index (κ2) is 4.98. The third kappa shape index (κ3) is 2.59. The molecule has 0 saturated carbocycles. The van der Waals surface area contributed by atoms with Crippen LogP contribution in [-0.4, -0.2) is 4.98 Å². The molecule has 0 amide bonds. The first-order chi connectivity index (χ1) is 9.22. The highest BCUT2D eigenvalue weighted by Gasteiger charge is 2.03. The molecule has 1 heterocycles. The Balaban J connectivity index is 1.80. The number of aromatic nitrogens is 1. The Morgan fingerprint density at radius 1 is 1.11 bits per heavy atom. The van der Waals surface area contributed by atoms with Gasteiger partial charge in [-0.1, -0.05) is 29.8 Å². The van der Waals surface area contributed by atoms with Gasteiger partial charge in [0.05, 0.1) is 5.69 Å². The number of hydrogen-bond donors (Lipinski definition) is 1. The summed E-state index contributed by atoms with van der Waals surface area (Å²) in [5.74, 6) is 0.916. The Labute approximate surface area is 117 Å². The molecular formula is C16H14ClNO. The highest BCUT2D eigenvalue weighted by molar-refractivity contribution is 6.31. The standard InChI is InChI=1S/C16H14ClNO/c1-11-4-2-3-5-16(11)19-10-14-9-12-8-13(17)6-7-15(12)18-14/h2-9,18H,10H2,1H3. The first-order valence-corrected chi connectivity index (χ1v) is 6.56. The third-order valence-electron chi connectivity index (χ3n) is 3.12. The highest BCUT2D eigenvalue weighted by atomic mass is 35.5. The van der Waals surface area contributed by atoms with E-state index in [1.807, 2.05) is 49.4 Å². The third-order valence-corrected chi connectivity index (χ3v) is 3.35. The van der Waals surface area contributed by atoms with Gasteiger partial charge < -0.3 is 9.72 Å². The van der Waals surface area contributed by atoms with Gasteiger partial charge in [-0.25, -0.2) is 0 Å². The van der Waals surface area contributed by atoms with Crippen LogP contribution in [0.15, 0.2) is 48.5 Å². The van der Waals surface area contributed by atoms with E-state index in [2.05, 4.69) is 11.1 Å². The van der Waals surface area contributed by atoms with Crippen molar-refractivity contribution < 1.29 is 4.74 Å². The fraction of sp³-hybridized carbons (Fsp3) is 0.125. The first kappa shape index (κ1) is 12.1. The van der Waals surface area contributed by atoms with Crippen molar-refractivity contribution in [3.8, 4) is 5.75 Å². The molecule has 0 spiro atoms. The maximum atomic E-state index is 5.98. The molecule has 3 aromatic rings. The first-order valence-electron chi connectivity index (χ1n) is 6.18. The van der Waals surface area contributed by atoms with Crippen LogP contribution in [0.3, 0.4) is 0 Å². The number of benzene rings is 2. The Morgan fingerprint density at radius 2 is 1.95 bits per heavy atom.